The molecule has 0 saturated carbocycles. The molecule has 2 saturated heterocycles. The molecular weight excluding hydrogens is 520 g/mol. The summed E-state index contributed by atoms with van der Waals surface area (Å²) < 4.78 is 34.6. The maximum atomic E-state index is 15.5. The van der Waals surface area contributed by atoms with E-state index in [1.807, 2.05) is 28.7 Å². The van der Waals surface area contributed by atoms with Crippen molar-refractivity contribution in [2.24, 2.45) is 0 Å². The smallest absolute Gasteiger partial charge is 0.256 e. The number of carbonyl (C=O) groups is 1. The Labute approximate surface area is 190 Å². The zero-order valence-corrected chi connectivity index (χ0v) is 18.8. The number of imidazole rings is 1. The van der Waals surface area contributed by atoms with Crippen molar-refractivity contribution >= 4 is 45.5 Å². The van der Waals surface area contributed by atoms with Gasteiger partial charge in [-0.1, -0.05) is 40.8 Å². The van der Waals surface area contributed by atoms with Gasteiger partial charge in [0.2, 0.25) is 5.85 Å². The average molecular weight is 539 g/mol. The quantitative estimate of drug-likeness (QED) is 0.402. The number of rotatable bonds is 4. The minimum absolute atomic E-state index is 0.0713. The van der Waals surface area contributed by atoms with Crippen LogP contribution in [0.3, 0.4) is 0 Å². The third-order valence-corrected chi connectivity index (χ3v) is 6.27. The molecule has 2 aliphatic rings. The molecule has 5 rings (SSSR count). The summed E-state index contributed by atoms with van der Waals surface area (Å²) in [5, 5.41) is 2.75. The molecule has 0 spiro atoms. The summed E-state index contributed by atoms with van der Waals surface area (Å²) in [5.41, 5.74) is 1.22. The van der Waals surface area contributed by atoms with Gasteiger partial charge in [-0.05, 0) is 26.0 Å². The Kier molecular flexibility index (Phi) is 4.95. The molecule has 0 bridgehead atoms. The van der Waals surface area contributed by atoms with E-state index in [0.717, 1.165) is 0 Å². The molecule has 2 fully saturated rings. The van der Waals surface area contributed by atoms with Crippen LogP contribution in [0.15, 0.2) is 43.0 Å². The molecule has 4 heterocycles. The SMILES string of the molecule is CC1(C)OC2[C@H](O1)[C@H](n1cnc3c(NC(=O)c4ccccc4)ncnc31)O[C@]2(F)CI. The Balaban J connectivity index is 1.50. The molecule has 0 aliphatic carbocycles. The summed E-state index contributed by atoms with van der Waals surface area (Å²) in [6.45, 7) is 3.47. The summed E-state index contributed by atoms with van der Waals surface area (Å²) in [6.07, 6.45) is 0.367. The van der Waals surface area contributed by atoms with Crippen LogP contribution in [-0.4, -0.2) is 53.7 Å². The molecule has 1 aromatic carbocycles. The fraction of sp³-hybridized carbons (Fsp3) is 0.400. The van der Waals surface area contributed by atoms with Crippen LogP contribution in [0.4, 0.5) is 10.2 Å². The van der Waals surface area contributed by atoms with E-state index < -0.39 is 30.1 Å². The maximum absolute atomic E-state index is 15.5. The van der Waals surface area contributed by atoms with Gasteiger partial charge in [0.05, 0.1) is 10.8 Å². The monoisotopic (exact) mass is 539 g/mol. The van der Waals surface area contributed by atoms with Crippen molar-refractivity contribution < 1.29 is 23.4 Å². The van der Waals surface area contributed by atoms with Crippen LogP contribution in [0.1, 0.15) is 30.4 Å². The van der Waals surface area contributed by atoms with Crippen LogP contribution in [0, 0.1) is 0 Å². The van der Waals surface area contributed by atoms with Gasteiger partial charge < -0.3 is 19.5 Å². The number of alkyl halides is 2. The molecule has 4 atom stereocenters. The normalized spacial score (nSPS) is 29.2. The van der Waals surface area contributed by atoms with E-state index in [-0.39, 0.29) is 16.2 Å². The van der Waals surface area contributed by atoms with Crippen molar-refractivity contribution in [1.82, 2.24) is 19.5 Å². The summed E-state index contributed by atoms with van der Waals surface area (Å²) in [7, 11) is 0. The number of carbonyl (C=O) groups excluding carboxylic acids is 1. The molecule has 3 aromatic rings. The second-order valence-electron chi connectivity index (χ2n) is 7.82. The number of aromatic nitrogens is 4. The van der Waals surface area contributed by atoms with E-state index in [1.165, 1.54) is 12.7 Å². The Bertz CT molecular complexity index is 1140. The van der Waals surface area contributed by atoms with E-state index in [9.17, 15) is 4.79 Å². The van der Waals surface area contributed by atoms with Gasteiger partial charge in [-0.3, -0.25) is 9.36 Å². The highest BCUT2D eigenvalue weighted by Crippen LogP contribution is 2.50. The molecule has 9 nitrogen and oxygen atoms in total. The van der Waals surface area contributed by atoms with Crippen LogP contribution in [0.2, 0.25) is 0 Å². The standard InChI is InChI=1S/C20H19FIN5O4/c1-19(2)29-13-14(30-19)20(21,8-22)31-18(13)27-10-25-12-15(23-9-24-16(12)27)26-17(28)11-6-4-3-5-7-11/h3-7,9-10,13-14,18H,8H2,1-2H3,(H,23,24,26,28)/t13-,14?,18+,20+/m0/s1. The number of fused-ring (bicyclic) bond motifs is 2. The second-order valence-corrected chi connectivity index (χ2v) is 8.58. The van der Waals surface area contributed by atoms with Crippen LogP contribution in [0.5, 0.6) is 0 Å². The first-order chi connectivity index (χ1) is 14.8. The van der Waals surface area contributed by atoms with Gasteiger partial charge in [-0.2, -0.15) is 0 Å². The van der Waals surface area contributed by atoms with Gasteiger partial charge in [0.1, 0.15) is 12.4 Å². The predicted octanol–water partition coefficient (Wildman–Crippen LogP) is 3.23. The molecular formula is C20H19FIN5O4. The summed E-state index contributed by atoms with van der Waals surface area (Å²) in [5.74, 6) is -3.04. The van der Waals surface area contributed by atoms with Gasteiger partial charge in [-0.15, -0.1) is 0 Å². The van der Waals surface area contributed by atoms with Crippen LogP contribution < -0.4 is 5.32 Å². The molecule has 1 unspecified atom stereocenters. The number of anilines is 1. The fourth-order valence-electron chi connectivity index (χ4n) is 3.89. The van der Waals surface area contributed by atoms with Crippen molar-refractivity contribution in [3.8, 4) is 0 Å². The van der Waals surface area contributed by atoms with Crippen molar-refractivity contribution in [3.63, 3.8) is 0 Å². The summed E-state index contributed by atoms with van der Waals surface area (Å²) in [4.78, 5) is 25.3. The lowest BCUT2D eigenvalue weighted by atomic mass is 10.1. The first-order valence-corrected chi connectivity index (χ1v) is 11.2. The first kappa shape index (κ1) is 20.7. The van der Waals surface area contributed by atoms with Crippen molar-refractivity contribution in [2.75, 3.05) is 9.74 Å². The van der Waals surface area contributed by atoms with Gasteiger partial charge in [-0.25, -0.2) is 19.3 Å². The highest BCUT2D eigenvalue weighted by atomic mass is 127. The highest BCUT2D eigenvalue weighted by molar-refractivity contribution is 14.1. The van der Waals surface area contributed by atoms with E-state index in [4.69, 9.17) is 14.2 Å². The zero-order chi connectivity index (χ0) is 21.8. The molecule has 2 aromatic heterocycles. The molecule has 162 valence electrons. The third-order valence-electron chi connectivity index (χ3n) is 5.23. The first-order valence-electron chi connectivity index (χ1n) is 9.63. The number of hydrogen-bond acceptors (Lipinski definition) is 7. The number of nitrogens with one attached hydrogen (secondary N) is 1. The lowest BCUT2D eigenvalue weighted by molar-refractivity contribution is -0.245. The van der Waals surface area contributed by atoms with E-state index in [0.29, 0.717) is 16.7 Å². The summed E-state index contributed by atoms with van der Waals surface area (Å²) >= 11 is 1.93. The molecule has 11 heteroatoms. The molecule has 31 heavy (non-hydrogen) atoms. The Morgan fingerprint density at radius 3 is 2.71 bits per heavy atom. The van der Waals surface area contributed by atoms with Crippen LogP contribution in [0.25, 0.3) is 11.2 Å². The zero-order valence-electron chi connectivity index (χ0n) is 16.7. The van der Waals surface area contributed by atoms with Crippen LogP contribution in [-0.2, 0) is 14.2 Å². The van der Waals surface area contributed by atoms with Crippen LogP contribution >= 0.6 is 22.6 Å². The number of halogens is 2. The number of benzene rings is 1. The topological polar surface area (TPSA) is 100 Å². The third kappa shape index (κ3) is 3.49. The number of nitrogens with zero attached hydrogens (tertiary/aromatic N) is 4. The van der Waals surface area contributed by atoms with E-state index >= 15 is 4.39 Å². The molecule has 2 aliphatic heterocycles. The Hall–Kier alpha value is -2.22. The van der Waals surface area contributed by atoms with Crippen molar-refractivity contribution in [3.05, 3.63) is 48.5 Å². The number of ether oxygens (including phenoxy) is 3. The lowest BCUT2D eigenvalue weighted by Crippen LogP contribution is -2.40. The fourth-order valence-corrected chi connectivity index (χ4v) is 4.50. The highest BCUT2D eigenvalue weighted by Gasteiger charge is 2.64. The maximum Gasteiger partial charge on any atom is 0.256 e. The lowest BCUT2D eigenvalue weighted by Gasteiger charge is -2.27. The average Bonchev–Trinajstić information content (AvgIpc) is 3.40. The van der Waals surface area contributed by atoms with E-state index in [1.54, 1.807) is 42.7 Å². The predicted molar refractivity (Wildman–Crippen MR) is 116 cm³/mol. The number of amides is 1. The van der Waals surface area contributed by atoms with Crippen molar-refractivity contribution in [1.29, 1.82) is 0 Å². The summed E-state index contributed by atoms with van der Waals surface area (Å²) in [6, 6.07) is 8.77. The minimum atomic E-state index is -2.02. The largest absolute Gasteiger partial charge is 0.340 e. The Morgan fingerprint density at radius 2 is 1.97 bits per heavy atom. The van der Waals surface area contributed by atoms with Crippen molar-refractivity contribution in [2.45, 2.75) is 43.9 Å². The minimum Gasteiger partial charge on any atom is -0.340 e. The second kappa shape index (κ2) is 7.43. The van der Waals surface area contributed by atoms with Gasteiger partial charge in [0, 0.05) is 5.56 Å². The van der Waals surface area contributed by atoms with Gasteiger partial charge in [0.25, 0.3) is 5.91 Å². The van der Waals surface area contributed by atoms with Gasteiger partial charge in [0.15, 0.2) is 35.1 Å². The van der Waals surface area contributed by atoms with E-state index in [2.05, 4.69) is 20.3 Å². The molecule has 1 N–H and O–H groups in total. The molecule has 1 amide bonds. The van der Waals surface area contributed by atoms with Gasteiger partial charge >= 0.3 is 0 Å². The number of hydrogen-bond donors (Lipinski definition) is 1. The Morgan fingerprint density at radius 1 is 1.19 bits per heavy atom. The molecule has 0 radical (unpaired) electrons.